The summed E-state index contributed by atoms with van der Waals surface area (Å²) in [5.74, 6) is 1.78. The van der Waals surface area contributed by atoms with Gasteiger partial charge in [-0.3, -0.25) is 9.69 Å². The SMILES string of the molecule is COc1cc(/C=C2\S/C(=N/c3ccccn3)N(C3CCCCC3)C2=O)ccc1OCc1ccccc1Cl. The van der Waals surface area contributed by atoms with Crippen LogP contribution in [0.3, 0.4) is 0 Å². The quantitative estimate of drug-likeness (QED) is 0.299. The predicted octanol–water partition coefficient (Wildman–Crippen LogP) is 7.26. The lowest BCUT2D eigenvalue weighted by atomic mass is 9.94. The molecule has 1 aliphatic carbocycles. The van der Waals surface area contributed by atoms with Gasteiger partial charge in [0, 0.05) is 22.8 Å². The van der Waals surface area contributed by atoms with Crippen molar-refractivity contribution in [3.8, 4) is 11.5 Å². The van der Waals surface area contributed by atoms with Gasteiger partial charge in [-0.05, 0) is 66.6 Å². The van der Waals surface area contributed by atoms with E-state index in [1.807, 2.05) is 71.6 Å². The number of aromatic nitrogens is 1. The van der Waals surface area contributed by atoms with Crippen molar-refractivity contribution in [2.45, 2.75) is 44.8 Å². The fourth-order valence-corrected chi connectivity index (χ4v) is 5.80. The molecular formula is C29H28ClN3O3S. The lowest BCUT2D eigenvalue weighted by Gasteiger charge is -2.30. The molecule has 8 heteroatoms. The van der Waals surface area contributed by atoms with Gasteiger partial charge in [0.05, 0.1) is 12.0 Å². The average molecular weight is 534 g/mol. The van der Waals surface area contributed by atoms with Crippen molar-refractivity contribution in [2.75, 3.05) is 7.11 Å². The monoisotopic (exact) mass is 533 g/mol. The summed E-state index contributed by atoms with van der Waals surface area (Å²) in [6.07, 6.45) is 9.06. The molecule has 2 aliphatic rings. The van der Waals surface area contributed by atoms with Gasteiger partial charge in [0.25, 0.3) is 5.91 Å². The number of carbonyl (C=O) groups is 1. The molecule has 2 heterocycles. The molecule has 0 N–H and O–H groups in total. The third-order valence-electron chi connectivity index (χ3n) is 6.46. The van der Waals surface area contributed by atoms with E-state index in [0.717, 1.165) is 36.8 Å². The first-order valence-electron chi connectivity index (χ1n) is 12.4. The predicted molar refractivity (Wildman–Crippen MR) is 149 cm³/mol. The van der Waals surface area contributed by atoms with Gasteiger partial charge in [0.15, 0.2) is 22.5 Å². The normalized spacial score (nSPS) is 18.5. The van der Waals surface area contributed by atoms with Crippen LogP contribution in [-0.2, 0) is 11.4 Å². The van der Waals surface area contributed by atoms with E-state index in [1.165, 1.54) is 18.2 Å². The van der Waals surface area contributed by atoms with E-state index >= 15 is 0 Å². The highest BCUT2D eigenvalue weighted by Gasteiger charge is 2.38. The van der Waals surface area contributed by atoms with Crippen LogP contribution in [0.4, 0.5) is 5.82 Å². The van der Waals surface area contributed by atoms with Crippen LogP contribution in [0, 0.1) is 0 Å². The number of amidine groups is 1. The number of nitrogens with zero attached hydrogens (tertiary/aromatic N) is 3. The smallest absolute Gasteiger partial charge is 0.267 e. The second-order valence-electron chi connectivity index (χ2n) is 8.95. The number of halogens is 1. The van der Waals surface area contributed by atoms with Crippen LogP contribution in [0.5, 0.6) is 11.5 Å². The Morgan fingerprint density at radius 2 is 1.89 bits per heavy atom. The highest BCUT2D eigenvalue weighted by molar-refractivity contribution is 8.18. The van der Waals surface area contributed by atoms with Gasteiger partial charge in [-0.2, -0.15) is 0 Å². The number of carbonyl (C=O) groups excluding carboxylic acids is 1. The molecule has 3 aromatic rings. The van der Waals surface area contributed by atoms with Crippen molar-refractivity contribution in [1.82, 2.24) is 9.88 Å². The fourth-order valence-electron chi connectivity index (χ4n) is 4.56. The Balaban J connectivity index is 1.40. The summed E-state index contributed by atoms with van der Waals surface area (Å²) in [7, 11) is 1.60. The Bertz CT molecular complexity index is 1320. The van der Waals surface area contributed by atoms with Crippen molar-refractivity contribution in [1.29, 1.82) is 0 Å². The molecule has 0 radical (unpaired) electrons. The molecule has 0 unspecified atom stereocenters. The number of methoxy groups -OCH3 is 1. The number of benzene rings is 2. The molecular weight excluding hydrogens is 506 g/mol. The van der Waals surface area contributed by atoms with Crippen molar-refractivity contribution in [3.63, 3.8) is 0 Å². The van der Waals surface area contributed by atoms with Gasteiger partial charge < -0.3 is 9.47 Å². The molecule has 1 amide bonds. The van der Waals surface area contributed by atoms with Crippen LogP contribution >= 0.6 is 23.4 Å². The van der Waals surface area contributed by atoms with Crippen LogP contribution in [0.1, 0.15) is 43.2 Å². The zero-order chi connectivity index (χ0) is 25.6. The minimum Gasteiger partial charge on any atom is -0.493 e. The zero-order valence-electron chi connectivity index (χ0n) is 20.6. The Morgan fingerprint density at radius 3 is 2.65 bits per heavy atom. The number of hydrogen-bond acceptors (Lipinski definition) is 6. The number of thioether (sulfide) groups is 1. The van der Waals surface area contributed by atoms with Crippen molar-refractivity contribution >= 4 is 46.3 Å². The van der Waals surface area contributed by atoms with E-state index < -0.39 is 0 Å². The summed E-state index contributed by atoms with van der Waals surface area (Å²) in [6, 6.07) is 19.0. The molecule has 1 aliphatic heterocycles. The van der Waals surface area contributed by atoms with Gasteiger partial charge in [-0.1, -0.05) is 61.2 Å². The van der Waals surface area contributed by atoms with Crippen molar-refractivity contribution in [3.05, 3.63) is 87.9 Å². The maximum absolute atomic E-state index is 13.6. The zero-order valence-corrected chi connectivity index (χ0v) is 22.2. The molecule has 2 aromatic carbocycles. The Hall–Kier alpha value is -3.29. The highest BCUT2D eigenvalue weighted by Crippen LogP contribution is 2.39. The molecule has 190 valence electrons. The van der Waals surface area contributed by atoms with Crippen LogP contribution in [-0.4, -0.2) is 34.1 Å². The minimum absolute atomic E-state index is 0.00964. The van der Waals surface area contributed by atoms with E-state index in [-0.39, 0.29) is 11.9 Å². The van der Waals surface area contributed by atoms with Crippen LogP contribution in [0.15, 0.2) is 76.8 Å². The van der Waals surface area contributed by atoms with Gasteiger partial charge in [-0.25, -0.2) is 9.98 Å². The molecule has 2 fully saturated rings. The van der Waals surface area contributed by atoms with Crippen LogP contribution in [0.25, 0.3) is 6.08 Å². The van der Waals surface area contributed by atoms with E-state index in [1.54, 1.807) is 13.3 Å². The maximum Gasteiger partial charge on any atom is 0.267 e. The molecule has 0 atom stereocenters. The van der Waals surface area contributed by atoms with Gasteiger partial charge in [0.2, 0.25) is 0 Å². The Morgan fingerprint density at radius 1 is 1.08 bits per heavy atom. The summed E-state index contributed by atoms with van der Waals surface area (Å²) >= 11 is 7.66. The lowest BCUT2D eigenvalue weighted by molar-refractivity contribution is -0.124. The maximum atomic E-state index is 13.6. The summed E-state index contributed by atoms with van der Waals surface area (Å²) in [4.78, 5) is 25.2. The number of rotatable bonds is 7. The minimum atomic E-state index is -0.00964. The average Bonchev–Trinajstić information content (AvgIpc) is 3.23. The lowest BCUT2D eigenvalue weighted by Crippen LogP contribution is -2.40. The number of aliphatic imine (C=N–C) groups is 1. The van der Waals surface area contributed by atoms with Gasteiger partial charge >= 0.3 is 0 Å². The van der Waals surface area contributed by atoms with E-state index in [9.17, 15) is 4.79 Å². The molecule has 1 aromatic heterocycles. The molecule has 0 bridgehead atoms. The van der Waals surface area contributed by atoms with E-state index in [2.05, 4.69) is 4.98 Å². The third-order valence-corrected chi connectivity index (χ3v) is 7.81. The summed E-state index contributed by atoms with van der Waals surface area (Å²) in [5, 5.41) is 1.35. The molecule has 1 saturated carbocycles. The largest absolute Gasteiger partial charge is 0.493 e. The second kappa shape index (κ2) is 11.8. The van der Waals surface area contributed by atoms with Crippen molar-refractivity contribution in [2.24, 2.45) is 4.99 Å². The molecule has 5 rings (SSSR count). The van der Waals surface area contributed by atoms with Gasteiger partial charge in [0.1, 0.15) is 6.61 Å². The molecule has 37 heavy (non-hydrogen) atoms. The molecule has 1 saturated heterocycles. The van der Waals surface area contributed by atoms with Crippen LogP contribution in [0.2, 0.25) is 5.02 Å². The number of ether oxygens (including phenoxy) is 2. The topological polar surface area (TPSA) is 64.0 Å². The number of hydrogen-bond donors (Lipinski definition) is 0. The third kappa shape index (κ3) is 6.00. The first-order chi connectivity index (χ1) is 18.1. The van der Waals surface area contributed by atoms with E-state index in [0.29, 0.717) is 39.0 Å². The van der Waals surface area contributed by atoms with Gasteiger partial charge in [-0.15, -0.1) is 0 Å². The number of amides is 1. The first-order valence-corrected chi connectivity index (χ1v) is 13.6. The summed E-state index contributed by atoms with van der Waals surface area (Å²) in [6.45, 7) is 0.328. The summed E-state index contributed by atoms with van der Waals surface area (Å²) in [5.41, 5.74) is 1.74. The van der Waals surface area contributed by atoms with E-state index in [4.69, 9.17) is 26.1 Å². The molecule has 6 nitrogen and oxygen atoms in total. The Kier molecular flexibility index (Phi) is 8.12. The van der Waals surface area contributed by atoms with Crippen LogP contribution < -0.4 is 9.47 Å². The summed E-state index contributed by atoms with van der Waals surface area (Å²) < 4.78 is 11.6. The standard InChI is InChI=1S/C29H28ClN3O3S/c1-35-25-17-20(14-15-24(25)36-19-21-9-5-6-12-23(21)30)18-26-28(34)33(22-10-3-2-4-11-22)29(37-26)32-27-13-7-8-16-31-27/h5-9,12-18,22H,2-4,10-11,19H2,1H3/b26-18-,32-29+. The fraction of sp³-hybridized carbons (Fsp3) is 0.276. The number of pyridine rings is 1. The van der Waals surface area contributed by atoms with Crippen molar-refractivity contribution < 1.29 is 14.3 Å². The second-order valence-corrected chi connectivity index (χ2v) is 10.4. The molecule has 0 spiro atoms. The highest BCUT2D eigenvalue weighted by atomic mass is 35.5. The first kappa shape index (κ1) is 25.4. The Labute approximate surface area is 226 Å².